The highest BCUT2D eigenvalue weighted by atomic mass is 35.5. The average molecular weight is 206 g/mol. The van der Waals surface area contributed by atoms with Crippen molar-refractivity contribution in [2.45, 2.75) is 19.3 Å². The molecule has 0 aliphatic carbocycles. The molecule has 0 radical (unpaired) electrons. The van der Waals surface area contributed by atoms with Crippen molar-refractivity contribution in [3.8, 4) is 0 Å². The topological polar surface area (TPSA) is 38.3 Å². The molecule has 1 saturated heterocycles. The van der Waals surface area contributed by atoms with Gasteiger partial charge in [-0.3, -0.25) is 4.79 Å². The molecule has 0 aromatic heterocycles. The second-order valence-corrected chi connectivity index (χ2v) is 3.70. The summed E-state index contributed by atoms with van der Waals surface area (Å²) in [6.45, 7) is 2.37. The van der Waals surface area contributed by atoms with Gasteiger partial charge < -0.3 is 10.1 Å². The number of carbonyl (C=O) groups is 1. The number of carbonyl (C=O) groups excluding carboxylic acids is 1. The van der Waals surface area contributed by atoms with E-state index in [0.29, 0.717) is 18.2 Å². The predicted octanol–water partition coefficient (Wildman–Crippen LogP) is 1.16. The SMILES string of the molecule is O=C(CCCCl)NCC1CCOC1. The predicted molar refractivity (Wildman–Crippen MR) is 51.9 cm³/mol. The van der Waals surface area contributed by atoms with Crippen LogP contribution in [0.5, 0.6) is 0 Å². The van der Waals surface area contributed by atoms with Crippen molar-refractivity contribution in [2.75, 3.05) is 25.6 Å². The van der Waals surface area contributed by atoms with Gasteiger partial charge in [-0.2, -0.15) is 0 Å². The Labute approximate surface area is 83.8 Å². The maximum Gasteiger partial charge on any atom is 0.220 e. The summed E-state index contributed by atoms with van der Waals surface area (Å²) in [5.74, 6) is 1.17. The van der Waals surface area contributed by atoms with Crippen LogP contribution in [0.15, 0.2) is 0 Å². The molecule has 0 aromatic carbocycles. The van der Waals surface area contributed by atoms with E-state index in [1.807, 2.05) is 0 Å². The molecule has 1 fully saturated rings. The van der Waals surface area contributed by atoms with Gasteiger partial charge in [-0.1, -0.05) is 0 Å². The Morgan fingerprint density at radius 1 is 1.62 bits per heavy atom. The van der Waals surface area contributed by atoms with Crippen LogP contribution >= 0.6 is 11.6 Å². The summed E-state index contributed by atoms with van der Waals surface area (Å²) >= 11 is 5.47. The van der Waals surface area contributed by atoms with Crippen LogP contribution in [-0.2, 0) is 9.53 Å². The quantitative estimate of drug-likeness (QED) is 0.685. The van der Waals surface area contributed by atoms with Gasteiger partial charge >= 0.3 is 0 Å². The first-order valence-corrected chi connectivity index (χ1v) is 5.27. The van der Waals surface area contributed by atoms with Gasteiger partial charge in [0.25, 0.3) is 0 Å². The van der Waals surface area contributed by atoms with E-state index < -0.39 is 0 Å². The monoisotopic (exact) mass is 205 g/mol. The molecule has 1 aliphatic heterocycles. The van der Waals surface area contributed by atoms with E-state index >= 15 is 0 Å². The normalized spacial score (nSPS) is 21.8. The summed E-state index contributed by atoms with van der Waals surface area (Å²) in [7, 11) is 0. The number of alkyl halides is 1. The highest BCUT2D eigenvalue weighted by Crippen LogP contribution is 2.10. The summed E-state index contributed by atoms with van der Waals surface area (Å²) in [5, 5.41) is 2.88. The maximum atomic E-state index is 11.1. The maximum absolute atomic E-state index is 11.1. The van der Waals surface area contributed by atoms with E-state index in [1.165, 1.54) is 0 Å². The van der Waals surface area contributed by atoms with Crippen molar-refractivity contribution >= 4 is 17.5 Å². The highest BCUT2D eigenvalue weighted by Gasteiger charge is 2.15. The van der Waals surface area contributed by atoms with E-state index in [2.05, 4.69) is 5.32 Å². The van der Waals surface area contributed by atoms with Crippen LogP contribution < -0.4 is 5.32 Å². The Morgan fingerprint density at radius 2 is 2.46 bits per heavy atom. The van der Waals surface area contributed by atoms with Gasteiger partial charge in [0.15, 0.2) is 0 Å². The molecule has 1 rings (SSSR count). The van der Waals surface area contributed by atoms with Gasteiger partial charge in [0.05, 0.1) is 6.61 Å². The molecule has 13 heavy (non-hydrogen) atoms. The Kier molecular flexibility index (Phi) is 5.16. The van der Waals surface area contributed by atoms with Crippen LogP contribution in [0.1, 0.15) is 19.3 Å². The second-order valence-electron chi connectivity index (χ2n) is 3.33. The van der Waals surface area contributed by atoms with E-state index in [9.17, 15) is 4.79 Å². The lowest BCUT2D eigenvalue weighted by atomic mass is 10.1. The van der Waals surface area contributed by atoms with Crippen LogP contribution in [0, 0.1) is 5.92 Å². The molecule has 0 aromatic rings. The molecule has 1 amide bonds. The van der Waals surface area contributed by atoms with Gasteiger partial charge in [-0.15, -0.1) is 11.6 Å². The second kappa shape index (κ2) is 6.22. The molecule has 1 atom stereocenters. The van der Waals surface area contributed by atoms with Crippen molar-refractivity contribution in [1.82, 2.24) is 5.32 Å². The Hall–Kier alpha value is -0.280. The number of amides is 1. The zero-order chi connectivity index (χ0) is 9.52. The molecule has 1 heterocycles. The third kappa shape index (κ3) is 4.48. The van der Waals surface area contributed by atoms with Crippen LogP contribution in [0.3, 0.4) is 0 Å². The van der Waals surface area contributed by atoms with Crippen LogP contribution in [-0.4, -0.2) is 31.5 Å². The molecule has 0 saturated carbocycles. The zero-order valence-corrected chi connectivity index (χ0v) is 8.48. The van der Waals surface area contributed by atoms with Crippen LogP contribution in [0.25, 0.3) is 0 Å². The number of halogens is 1. The van der Waals surface area contributed by atoms with Crippen LogP contribution in [0.4, 0.5) is 0 Å². The zero-order valence-electron chi connectivity index (χ0n) is 7.72. The summed E-state index contributed by atoms with van der Waals surface area (Å²) in [4.78, 5) is 11.1. The molecule has 4 heteroatoms. The minimum atomic E-state index is 0.104. The Bertz CT molecular complexity index is 158. The Balaban J connectivity index is 2.00. The molecule has 0 bridgehead atoms. The summed E-state index contributed by atoms with van der Waals surface area (Å²) < 4.78 is 5.20. The van der Waals surface area contributed by atoms with Gasteiger partial charge in [0, 0.05) is 31.4 Å². The van der Waals surface area contributed by atoms with E-state index in [0.717, 1.165) is 32.6 Å². The number of nitrogens with one attached hydrogen (secondary N) is 1. The summed E-state index contributed by atoms with van der Waals surface area (Å²) in [6.07, 6.45) is 2.36. The van der Waals surface area contributed by atoms with Gasteiger partial charge in [-0.05, 0) is 12.8 Å². The van der Waals surface area contributed by atoms with Gasteiger partial charge in [0.1, 0.15) is 0 Å². The first kappa shape index (κ1) is 10.8. The number of hydrogen-bond acceptors (Lipinski definition) is 2. The summed E-state index contributed by atoms with van der Waals surface area (Å²) in [5.41, 5.74) is 0. The molecular weight excluding hydrogens is 190 g/mol. The fourth-order valence-corrected chi connectivity index (χ4v) is 1.45. The van der Waals surface area contributed by atoms with Gasteiger partial charge in [-0.25, -0.2) is 0 Å². The fraction of sp³-hybridized carbons (Fsp3) is 0.889. The number of hydrogen-bond donors (Lipinski definition) is 1. The lowest BCUT2D eigenvalue weighted by Gasteiger charge is -2.08. The molecule has 1 aliphatic rings. The third-order valence-corrected chi connectivity index (χ3v) is 2.42. The Morgan fingerprint density at radius 3 is 3.08 bits per heavy atom. The fourth-order valence-electron chi connectivity index (χ4n) is 1.32. The van der Waals surface area contributed by atoms with Crippen molar-refractivity contribution < 1.29 is 9.53 Å². The van der Waals surface area contributed by atoms with Crippen molar-refractivity contribution in [3.05, 3.63) is 0 Å². The molecule has 1 unspecified atom stereocenters. The van der Waals surface area contributed by atoms with E-state index in [1.54, 1.807) is 0 Å². The third-order valence-electron chi connectivity index (χ3n) is 2.15. The van der Waals surface area contributed by atoms with E-state index in [4.69, 9.17) is 16.3 Å². The largest absolute Gasteiger partial charge is 0.381 e. The van der Waals surface area contributed by atoms with Crippen molar-refractivity contribution in [2.24, 2.45) is 5.92 Å². The van der Waals surface area contributed by atoms with Crippen LogP contribution in [0.2, 0.25) is 0 Å². The minimum Gasteiger partial charge on any atom is -0.381 e. The molecule has 76 valence electrons. The molecular formula is C9H16ClNO2. The summed E-state index contributed by atoms with van der Waals surface area (Å²) in [6, 6.07) is 0. The molecule has 1 N–H and O–H groups in total. The number of ether oxygens (including phenoxy) is 1. The first-order chi connectivity index (χ1) is 6.33. The standard InChI is InChI=1S/C9H16ClNO2/c10-4-1-2-9(12)11-6-8-3-5-13-7-8/h8H,1-7H2,(H,11,12). The van der Waals surface area contributed by atoms with Gasteiger partial charge in [0.2, 0.25) is 5.91 Å². The molecule has 3 nitrogen and oxygen atoms in total. The van der Waals surface area contributed by atoms with Crippen molar-refractivity contribution in [1.29, 1.82) is 0 Å². The lowest BCUT2D eigenvalue weighted by Crippen LogP contribution is -2.29. The first-order valence-electron chi connectivity index (χ1n) is 4.73. The van der Waals surface area contributed by atoms with E-state index in [-0.39, 0.29) is 5.91 Å². The molecule has 0 spiro atoms. The smallest absolute Gasteiger partial charge is 0.220 e. The highest BCUT2D eigenvalue weighted by molar-refractivity contribution is 6.17. The average Bonchev–Trinajstić information content (AvgIpc) is 2.64. The number of rotatable bonds is 5. The van der Waals surface area contributed by atoms with Crippen molar-refractivity contribution in [3.63, 3.8) is 0 Å². The lowest BCUT2D eigenvalue weighted by molar-refractivity contribution is -0.121. The minimum absolute atomic E-state index is 0.104.